The second-order valence-corrected chi connectivity index (χ2v) is 9.68. The third kappa shape index (κ3) is 6.37. The smallest absolute Gasteiger partial charge is 0.255 e. The van der Waals surface area contributed by atoms with Gasteiger partial charge in [0.15, 0.2) is 0 Å². The van der Waals surface area contributed by atoms with Crippen LogP contribution in [0.3, 0.4) is 0 Å². The maximum atomic E-state index is 12.8. The summed E-state index contributed by atoms with van der Waals surface area (Å²) < 4.78 is 1.47. The fraction of sp³-hybridized carbons (Fsp3) is 0.560. The van der Waals surface area contributed by atoms with Crippen LogP contribution in [0.4, 0.5) is 5.82 Å². The molecule has 186 valence electrons. The quantitative estimate of drug-likeness (QED) is 0.644. The van der Waals surface area contributed by atoms with Crippen LogP contribution in [0.25, 0.3) is 0 Å². The van der Waals surface area contributed by atoms with Gasteiger partial charge in [0, 0.05) is 44.7 Å². The van der Waals surface area contributed by atoms with Crippen molar-refractivity contribution in [3.05, 3.63) is 58.6 Å². The molecule has 0 bridgehead atoms. The van der Waals surface area contributed by atoms with Crippen molar-refractivity contribution in [1.82, 2.24) is 14.5 Å². The van der Waals surface area contributed by atoms with Crippen molar-refractivity contribution < 1.29 is 9.90 Å². The third-order valence-corrected chi connectivity index (χ3v) is 7.01. The van der Waals surface area contributed by atoms with Crippen molar-refractivity contribution >= 4 is 24.1 Å². The minimum atomic E-state index is -1.03. The summed E-state index contributed by atoms with van der Waals surface area (Å²) in [6.07, 6.45) is 4.83. The van der Waals surface area contributed by atoms with Gasteiger partial charge in [0.1, 0.15) is 5.82 Å². The largest absolute Gasteiger partial charge is 0.388 e. The number of aromatic nitrogens is 2. The summed E-state index contributed by atoms with van der Waals surface area (Å²) in [5.41, 5.74) is 6.00. The molecule has 0 spiro atoms. The highest BCUT2D eigenvalue weighted by Crippen LogP contribution is 2.26. The first-order valence-corrected chi connectivity index (χ1v) is 12.0. The summed E-state index contributed by atoms with van der Waals surface area (Å²) in [7, 11) is 0. The van der Waals surface area contributed by atoms with Crippen molar-refractivity contribution in [2.24, 2.45) is 5.73 Å². The number of carbonyl (C=O) groups is 1. The summed E-state index contributed by atoms with van der Waals surface area (Å²) in [5.74, 6) is 0.903. The van der Waals surface area contributed by atoms with Crippen molar-refractivity contribution in [2.45, 2.75) is 63.1 Å². The number of piperidine rings is 2. The second kappa shape index (κ2) is 11.3. The van der Waals surface area contributed by atoms with Crippen LogP contribution in [0, 0.1) is 0 Å². The zero-order valence-electron chi connectivity index (χ0n) is 19.8. The summed E-state index contributed by atoms with van der Waals surface area (Å²) in [6.45, 7) is 4.77. The molecule has 0 saturated carbocycles. The molecule has 4 rings (SSSR count). The fourth-order valence-electron chi connectivity index (χ4n) is 4.86. The topological polar surface area (TPSA) is 105 Å². The minimum absolute atomic E-state index is 0. The second-order valence-electron chi connectivity index (χ2n) is 9.68. The predicted molar refractivity (Wildman–Crippen MR) is 135 cm³/mol. The molecule has 34 heavy (non-hydrogen) atoms. The van der Waals surface area contributed by atoms with Gasteiger partial charge in [-0.25, -0.2) is 4.98 Å². The van der Waals surface area contributed by atoms with E-state index >= 15 is 0 Å². The zero-order valence-corrected chi connectivity index (χ0v) is 20.6. The molecule has 2 atom stereocenters. The average molecular weight is 490 g/mol. The Balaban J connectivity index is 0.00000324. The summed E-state index contributed by atoms with van der Waals surface area (Å²) in [4.78, 5) is 33.8. The van der Waals surface area contributed by atoms with Crippen molar-refractivity contribution in [3.63, 3.8) is 0 Å². The Bertz CT molecular complexity index is 1010. The number of hydrogen-bond acceptors (Lipinski definition) is 6. The molecule has 2 unspecified atom stereocenters. The SMILES string of the molecule is CC(CC(=O)N1CCC(O)(Cn2cnc(N3CCCC(N)C3)cc2=O)CC1)c1ccccc1.Cl. The Morgan fingerprint density at radius 2 is 1.94 bits per heavy atom. The molecule has 9 heteroatoms. The van der Waals surface area contributed by atoms with Gasteiger partial charge in [0.2, 0.25) is 5.91 Å². The molecule has 2 aliphatic rings. The van der Waals surface area contributed by atoms with E-state index in [9.17, 15) is 14.7 Å². The van der Waals surface area contributed by atoms with Crippen LogP contribution in [0.15, 0.2) is 47.5 Å². The van der Waals surface area contributed by atoms with Gasteiger partial charge in [-0.1, -0.05) is 37.3 Å². The van der Waals surface area contributed by atoms with Crippen LogP contribution < -0.4 is 16.2 Å². The molecule has 1 aromatic heterocycles. The lowest BCUT2D eigenvalue weighted by Crippen LogP contribution is -2.50. The number of amides is 1. The molecule has 2 fully saturated rings. The lowest BCUT2D eigenvalue weighted by atomic mass is 9.90. The highest BCUT2D eigenvalue weighted by molar-refractivity contribution is 5.85. The van der Waals surface area contributed by atoms with Crippen molar-refractivity contribution in [1.29, 1.82) is 0 Å². The predicted octanol–water partition coefficient (Wildman–Crippen LogP) is 2.14. The van der Waals surface area contributed by atoms with Crippen molar-refractivity contribution in [3.8, 4) is 0 Å². The van der Waals surface area contributed by atoms with E-state index in [4.69, 9.17) is 5.73 Å². The fourth-order valence-corrected chi connectivity index (χ4v) is 4.86. The maximum absolute atomic E-state index is 12.8. The molecule has 0 radical (unpaired) electrons. The van der Waals surface area contributed by atoms with E-state index < -0.39 is 5.60 Å². The Labute approximate surface area is 207 Å². The maximum Gasteiger partial charge on any atom is 0.255 e. The minimum Gasteiger partial charge on any atom is -0.388 e. The van der Waals surface area contributed by atoms with Gasteiger partial charge in [-0.05, 0) is 37.2 Å². The number of aliphatic hydroxyl groups is 1. The van der Waals surface area contributed by atoms with Crippen molar-refractivity contribution in [2.75, 3.05) is 31.1 Å². The third-order valence-electron chi connectivity index (χ3n) is 7.01. The number of nitrogens with zero attached hydrogens (tertiary/aromatic N) is 4. The number of hydrogen-bond donors (Lipinski definition) is 2. The first kappa shape index (κ1) is 26.2. The Morgan fingerprint density at radius 3 is 2.59 bits per heavy atom. The van der Waals surface area contributed by atoms with E-state index in [1.807, 2.05) is 35.2 Å². The number of nitrogens with two attached hydrogens (primary N) is 1. The molecule has 0 aliphatic carbocycles. The number of benzene rings is 1. The molecule has 2 saturated heterocycles. The van der Waals surface area contributed by atoms with Gasteiger partial charge in [-0.3, -0.25) is 14.2 Å². The molecule has 2 aromatic rings. The standard InChI is InChI=1S/C25H35N5O3.ClH/c1-19(20-6-3-2-4-7-20)14-23(31)28-12-9-25(33,10-13-28)17-30-18-27-22(15-24(30)32)29-11-5-8-21(26)16-29;/h2-4,6-7,15,18-19,21,33H,5,8-14,16-17,26H2,1H3;1H. The highest BCUT2D eigenvalue weighted by Gasteiger charge is 2.35. The van der Waals surface area contributed by atoms with Crippen LogP contribution >= 0.6 is 12.4 Å². The number of anilines is 1. The number of halogens is 1. The number of carbonyl (C=O) groups excluding carboxylic acids is 1. The van der Waals surface area contributed by atoms with Gasteiger partial charge in [0.05, 0.1) is 18.5 Å². The zero-order chi connectivity index (χ0) is 23.4. The lowest BCUT2D eigenvalue weighted by molar-refractivity contribution is -0.136. The van der Waals surface area contributed by atoms with Gasteiger partial charge in [0.25, 0.3) is 5.56 Å². The first-order chi connectivity index (χ1) is 15.8. The van der Waals surface area contributed by atoms with E-state index in [2.05, 4.69) is 16.8 Å². The van der Waals surface area contributed by atoms with Crippen LogP contribution in [0.2, 0.25) is 0 Å². The molecule has 3 N–H and O–H groups in total. The van der Waals surface area contributed by atoms with Crippen LogP contribution in [-0.4, -0.2) is 63.3 Å². The normalized spacial score (nSPS) is 21.0. The lowest BCUT2D eigenvalue weighted by Gasteiger charge is -2.38. The molecule has 8 nitrogen and oxygen atoms in total. The van der Waals surface area contributed by atoms with Gasteiger partial charge < -0.3 is 20.6 Å². The van der Waals surface area contributed by atoms with Crippen LogP contribution in [-0.2, 0) is 11.3 Å². The monoisotopic (exact) mass is 489 g/mol. The molecular formula is C25H36ClN5O3. The Hall–Kier alpha value is -2.42. The highest BCUT2D eigenvalue weighted by atomic mass is 35.5. The summed E-state index contributed by atoms with van der Waals surface area (Å²) in [5, 5.41) is 11.1. The Kier molecular flexibility index (Phi) is 8.73. The molecule has 1 aromatic carbocycles. The Morgan fingerprint density at radius 1 is 1.24 bits per heavy atom. The van der Waals surface area contributed by atoms with Gasteiger partial charge in [-0.15, -0.1) is 12.4 Å². The van der Waals surface area contributed by atoms with E-state index in [0.29, 0.717) is 44.7 Å². The molecule has 2 aliphatic heterocycles. The molecular weight excluding hydrogens is 454 g/mol. The van der Waals surface area contributed by atoms with Crippen LogP contribution in [0.5, 0.6) is 0 Å². The van der Waals surface area contributed by atoms with E-state index in [1.54, 1.807) is 0 Å². The average Bonchev–Trinajstić information content (AvgIpc) is 2.81. The number of likely N-dealkylation sites (tertiary alicyclic amines) is 1. The van der Waals surface area contributed by atoms with E-state index in [0.717, 1.165) is 24.9 Å². The van der Waals surface area contributed by atoms with Gasteiger partial charge in [-0.2, -0.15) is 0 Å². The first-order valence-electron chi connectivity index (χ1n) is 12.0. The summed E-state index contributed by atoms with van der Waals surface area (Å²) in [6, 6.07) is 11.7. The van der Waals surface area contributed by atoms with Gasteiger partial charge >= 0.3 is 0 Å². The number of rotatable bonds is 6. The van der Waals surface area contributed by atoms with E-state index in [1.165, 1.54) is 17.0 Å². The molecule has 1 amide bonds. The summed E-state index contributed by atoms with van der Waals surface area (Å²) >= 11 is 0. The van der Waals surface area contributed by atoms with E-state index in [-0.39, 0.29) is 42.4 Å². The molecule has 3 heterocycles. The van der Waals surface area contributed by atoms with Crippen LogP contribution in [0.1, 0.15) is 50.5 Å².